The number of para-hydroxylation sites is 1. The predicted octanol–water partition coefficient (Wildman–Crippen LogP) is 2.51. The van der Waals surface area contributed by atoms with Crippen LogP contribution in [0.3, 0.4) is 0 Å². The van der Waals surface area contributed by atoms with Crippen LogP contribution < -0.4 is 10.6 Å². The van der Waals surface area contributed by atoms with Gasteiger partial charge < -0.3 is 15.4 Å². The van der Waals surface area contributed by atoms with Crippen LogP contribution in [-0.4, -0.2) is 50.5 Å². The quantitative estimate of drug-likeness (QED) is 0.480. The fourth-order valence-electron chi connectivity index (χ4n) is 3.38. The average molecular weight is 453 g/mol. The van der Waals surface area contributed by atoms with Crippen LogP contribution in [0.1, 0.15) is 28.8 Å². The van der Waals surface area contributed by atoms with Crippen LogP contribution >= 0.6 is 11.8 Å². The Hall–Kier alpha value is -3.24. The number of amides is 2. The van der Waals surface area contributed by atoms with Gasteiger partial charge in [-0.25, -0.2) is 4.68 Å². The highest BCUT2D eigenvalue weighted by Crippen LogP contribution is 2.20. The van der Waals surface area contributed by atoms with Crippen molar-refractivity contribution in [2.75, 3.05) is 17.7 Å². The molecule has 0 saturated carbocycles. The Morgan fingerprint density at radius 1 is 1.12 bits per heavy atom. The molecule has 9 nitrogen and oxygen atoms in total. The van der Waals surface area contributed by atoms with Gasteiger partial charge in [0.1, 0.15) is 0 Å². The van der Waals surface area contributed by atoms with Gasteiger partial charge in [0.25, 0.3) is 5.91 Å². The fourth-order valence-corrected chi connectivity index (χ4v) is 4.06. The summed E-state index contributed by atoms with van der Waals surface area (Å²) < 4.78 is 7.29. The van der Waals surface area contributed by atoms with Gasteiger partial charge in [0.15, 0.2) is 0 Å². The van der Waals surface area contributed by atoms with Crippen molar-refractivity contribution in [2.24, 2.45) is 0 Å². The van der Waals surface area contributed by atoms with Crippen LogP contribution in [0.2, 0.25) is 0 Å². The lowest BCUT2D eigenvalue weighted by molar-refractivity contribution is -0.113. The van der Waals surface area contributed by atoms with E-state index in [4.69, 9.17) is 4.74 Å². The standard InChI is InChI=1S/C22H24N6O3S/c29-20(15-32-22-25-26-27-28(22)14-17-9-6-12-31-17)24-19-11-5-4-10-18(19)21(30)23-13-16-7-2-1-3-8-16/h1-5,7-8,10-11,17H,6,9,12-15H2,(H,23,30)(H,24,29)/t17-/m0/s1. The molecule has 166 valence electrons. The molecule has 1 aliphatic heterocycles. The van der Waals surface area contributed by atoms with Crippen LogP contribution in [0.5, 0.6) is 0 Å². The minimum atomic E-state index is -0.252. The topological polar surface area (TPSA) is 111 Å². The molecule has 0 unspecified atom stereocenters. The highest BCUT2D eigenvalue weighted by molar-refractivity contribution is 7.99. The van der Waals surface area contributed by atoms with Gasteiger partial charge in [-0.1, -0.05) is 54.2 Å². The van der Waals surface area contributed by atoms with Gasteiger partial charge in [-0.05, 0) is 41.0 Å². The van der Waals surface area contributed by atoms with Gasteiger partial charge in [-0.15, -0.1) is 5.10 Å². The molecular formula is C22H24N6O3S. The summed E-state index contributed by atoms with van der Waals surface area (Å²) >= 11 is 1.24. The number of carbonyl (C=O) groups is 2. The Bertz CT molecular complexity index is 1050. The van der Waals surface area contributed by atoms with Crippen molar-refractivity contribution in [3.63, 3.8) is 0 Å². The molecule has 0 aliphatic carbocycles. The zero-order valence-corrected chi connectivity index (χ0v) is 18.3. The van der Waals surface area contributed by atoms with Crippen LogP contribution in [0.15, 0.2) is 59.8 Å². The molecule has 1 fully saturated rings. The molecule has 3 aromatic rings. The van der Waals surface area contributed by atoms with E-state index in [1.165, 1.54) is 11.8 Å². The molecule has 0 radical (unpaired) electrons. The highest BCUT2D eigenvalue weighted by Gasteiger charge is 2.20. The normalized spacial score (nSPS) is 15.4. The molecule has 1 aromatic heterocycles. The first-order chi connectivity index (χ1) is 15.7. The maximum absolute atomic E-state index is 12.7. The number of nitrogens with zero attached hydrogens (tertiary/aromatic N) is 4. The Balaban J connectivity index is 1.32. The first-order valence-electron chi connectivity index (χ1n) is 10.4. The summed E-state index contributed by atoms with van der Waals surface area (Å²) in [6, 6.07) is 16.6. The van der Waals surface area contributed by atoms with Gasteiger partial charge in [-0.2, -0.15) is 0 Å². The van der Waals surface area contributed by atoms with Gasteiger partial charge in [0, 0.05) is 13.2 Å². The van der Waals surface area contributed by atoms with Crippen molar-refractivity contribution < 1.29 is 14.3 Å². The molecule has 1 aliphatic rings. The molecule has 4 rings (SSSR count). The van der Waals surface area contributed by atoms with E-state index >= 15 is 0 Å². The van der Waals surface area contributed by atoms with E-state index in [1.54, 1.807) is 28.9 Å². The van der Waals surface area contributed by atoms with E-state index in [0.717, 1.165) is 25.0 Å². The monoisotopic (exact) mass is 452 g/mol. The van der Waals surface area contributed by atoms with Gasteiger partial charge in [-0.3, -0.25) is 9.59 Å². The van der Waals surface area contributed by atoms with Crippen LogP contribution in [0, 0.1) is 0 Å². The number of thioether (sulfide) groups is 1. The molecule has 2 heterocycles. The summed E-state index contributed by atoms with van der Waals surface area (Å²) in [6.45, 7) is 1.74. The smallest absolute Gasteiger partial charge is 0.253 e. The Kier molecular flexibility index (Phi) is 7.47. The highest BCUT2D eigenvalue weighted by atomic mass is 32.2. The summed E-state index contributed by atoms with van der Waals surface area (Å²) in [5, 5.41) is 18.0. The molecule has 2 amide bonds. The number of ether oxygens (including phenoxy) is 1. The van der Waals surface area contributed by atoms with Gasteiger partial charge in [0.2, 0.25) is 11.1 Å². The van der Waals surface area contributed by atoms with Crippen LogP contribution in [0.25, 0.3) is 0 Å². The van der Waals surface area contributed by atoms with Crippen molar-refractivity contribution >= 4 is 29.3 Å². The second kappa shape index (κ2) is 10.9. The van der Waals surface area contributed by atoms with Crippen molar-refractivity contribution in [1.29, 1.82) is 0 Å². The average Bonchev–Trinajstić information content (AvgIpc) is 3.49. The largest absolute Gasteiger partial charge is 0.376 e. The Morgan fingerprint density at radius 2 is 1.94 bits per heavy atom. The molecule has 10 heteroatoms. The van der Waals surface area contributed by atoms with Crippen molar-refractivity contribution in [1.82, 2.24) is 25.5 Å². The fraction of sp³-hybridized carbons (Fsp3) is 0.318. The maximum atomic E-state index is 12.7. The lowest BCUT2D eigenvalue weighted by atomic mass is 10.1. The number of hydrogen-bond acceptors (Lipinski definition) is 7. The number of carbonyl (C=O) groups excluding carboxylic acids is 2. The Morgan fingerprint density at radius 3 is 2.75 bits per heavy atom. The lowest BCUT2D eigenvalue weighted by Crippen LogP contribution is -2.25. The molecule has 32 heavy (non-hydrogen) atoms. The SMILES string of the molecule is O=C(CSc1nnnn1C[C@@H]1CCCO1)Nc1ccccc1C(=O)NCc1ccccc1. The second-order valence-electron chi connectivity index (χ2n) is 7.33. The number of nitrogens with one attached hydrogen (secondary N) is 2. The summed E-state index contributed by atoms with van der Waals surface area (Å²) in [5.41, 5.74) is 1.87. The first-order valence-corrected chi connectivity index (χ1v) is 11.4. The molecule has 0 bridgehead atoms. The summed E-state index contributed by atoms with van der Waals surface area (Å²) in [6.07, 6.45) is 2.12. The van der Waals surface area contributed by atoms with E-state index in [-0.39, 0.29) is 23.7 Å². The van der Waals surface area contributed by atoms with E-state index < -0.39 is 0 Å². The third kappa shape index (κ3) is 5.92. The maximum Gasteiger partial charge on any atom is 0.253 e. The Labute approximate surface area is 189 Å². The number of tetrazole rings is 1. The lowest BCUT2D eigenvalue weighted by Gasteiger charge is -2.12. The zero-order chi connectivity index (χ0) is 22.2. The van der Waals surface area contributed by atoms with Gasteiger partial charge >= 0.3 is 0 Å². The second-order valence-corrected chi connectivity index (χ2v) is 8.27. The number of hydrogen-bond donors (Lipinski definition) is 2. The van der Waals surface area contributed by atoms with Crippen LogP contribution in [-0.2, 0) is 22.6 Å². The van der Waals surface area contributed by atoms with Gasteiger partial charge in [0.05, 0.1) is 29.7 Å². The van der Waals surface area contributed by atoms with E-state index in [2.05, 4.69) is 26.2 Å². The number of benzene rings is 2. The summed E-state index contributed by atoms with van der Waals surface area (Å²) in [5.74, 6) is -0.380. The minimum absolute atomic E-state index is 0.105. The molecule has 1 saturated heterocycles. The summed E-state index contributed by atoms with van der Waals surface area (Å²) in [7, 11) is 0. The third-order valence-electron chi connectivity index (χ3n) is 4.97. The molecule has 2 N–H and O–H groups in total. The molecule has 0 spiro atoms. The van der Waals surface area contributed by atoms with E-state index in [9.17, 15) is 9.59 Å². The first kappa shape index (κ1) is 22.0. The number of anilines is 1. The third-order valence-corrected chi connectivity index (χ3v) is 5.93. The van der Waals surface area contributed by atoms with Crippen molar-refractivity contribution in [3.8, 4) is 0 Å². The van der Waals surface area contributed by atoms with E-state index in [0.29, 0.717) is 29.5 Å². The van der Waals surface area contributed by atoms with Crippen molar-refractivity contribution in [3.05, 3.63) is 65.7 Å². The number of aromatic nitrogens is 4. The molecule has 2 aromatic carbocycles. The predicted molar refractivity (Wildman–Crippen MR) is 120 cm³/mol. The molecule has 1 atom stereocenters. The number of rotatable bonds is 9. The van der Waals surface area contributed by atoms with E-state index in [1.807, 2.05) is 30.3 Å². The molecular weight excluding hydrogens is 428 g/mol. The summed E-state index contributed by atoms with van der Waals surface area (Å²) in [4.78, 5) is 25.2. The minimum Gasteiger partial charge on any atom is -0.376 e. The van der Waals surface area contributed by atoms with Crippen LogP contribution in [0.4, 0.5) is 5.69 Å². The zero-order valence-electron chi connectivity index (χ0n) is 17.4. The van der Waals surface area contributed by atoms with Crippen molar-refractivity contribution in [2.45, 2.75) is 37.2 Å².